The number of hydrogen-bond donors (Lipinski definition) is 2. The fourth-order valence-electron chi connectivity index (χ4n) is 5.06. The van der Waals surface area contributed by atoms with Crippen molar-refractivity contribution >= 4 is 0 Å². The molecule has 3 atom stereocenters. The third kappa shape index (κ3) is 9.40. The van der Waals surface area contributed by atoms with E-state index in [0.29, 0.717) is 5.92 Å². The summed E-state index contributed by atoms with van der Waals surface area (Å²) in [5.41, 5.74) is 4.75. The summed E-state index contributed by atoms with van der Waals surface area (Å²) in [6.45, 7) is 26.5. The lowest BCUT2D eigenvalue weighted by Crippen LogP contribution is -2.32. The van der Waals surface area contributed by atoms with E-state index in [-0.39, 0.29) is 33.9 Å². The maximum Gasteiger partial charge on any atom is 0.0729 e. The van der Waals surface area contributed by atoms with Crippen molar-refractivity contribution < 1.29 is 10.2 Å². The highest BCUT2D eigenvalue weighted by Crippen LogP contribution is 2.43. The van der Waals surface area contributed by atoms with Gasteiger partial charge in [-0.1, -0.05) is 111 Å². The standard InChI is InChI=1S/2C15H26O/c2*1-11-9-12(16)10-15(5,6)13(11)7-8-14(2,3)4/h7-8,12,16H,9-10H2,1-6H3;7-9,12-13,16H,10H2,1-6H3/b2*8-7+. The molecule has 0 bridgehead atoms. The van der Waals surface area contributed by atoms with Crippen molar-refractivity contribution in [1.82, 2.24) is 0 Å². The summed E-state index contributed by atoms with van der Waals surface area (Å²) in [7, 11) is 0. The Hall–Kier alpha value is -1.12. The van der Waals surface area contributed by atoms with Crippen molar-refractivity contribution in [1.29, 1.82) is 0 Å². The van der Waals surface area contributed by atoms with E-state index in [1.54, 1.807) is 0 Å². The summed E-state index contributed by atoms with van der Waals surface area (Å²) in [6, 6.07) is 0. The monoisotopic (exact) mass is 444 g/mol. The lowest BCUT2D eigenvalue weighted by molar-refractivity contribution is 0.116. The van der Waals surface area contributed by atoms with Gasteiger partial charge in [0.1, 0.15) is 0 Å². The molecule has 3 unspecified atom stereocenters. The van der Waals surface area contributed by atoms with Crippen molar-refractivity contribution in [3.8, 4) is 0 Å². The van der Waals surface area contributed by atoms with Crippen LogP contribution in [0.1, 0.15) is 102 Å². The fourth-order valence-corrected chi connectivity index (χ4v) is 5.06. The summed E-state index contributed by atoms with van der Waals surface area (Å²) < 4.78 is 0. The van der Waals surface area contributed by atoms with Crippen LogP contribution in [0.25, 0.3) is 0 Å². The first kappa shape index (κ1) is 28.9. The molecule has 0 aliphatic heterocycles. The van der Waals surface area contributed by atoms with Gasteiger partial charge in [-0.15, -0.1) is 0 Å². The van der Waals surface area contributed by atoms with Gasteiger partial charge in [0.05, 0.1) is 12.2 Å². The number of allylic oxidation sites excluding steroid dienone is 6. The molecular formula is C30H52O2. The van der Waals surface area contributed by atoms with Crippen LogP contribution in [0.4, 0.5) is 0 Å². The van der Waals surface area contributed by atoms with Gasteiger partial charge in [-0.2, -0.15) is 0 Å². The van der Waals surface area contributed by atoms with Gasteiger partial charge in [-0.05, 0) is 60.3 Å². The van der Waals surface area contributed by atoms with Crippen LogP contribution in [0.5, 0.6) is 0 Å². The predicted octanol–water partition coefficient (Wildman–Crippen LogP) is 8.03. The van der Waals surface area contributed by atoms with Gasteiger partial charge in [0.25, 0.3) is 0 Å². The van der Waals surface area contributed by atoms with Crippen LogP contribution in [0, 0.1) is 27.6 Å². The number of aliphatic hydroxyl groups excluding tert-OH is 2. The minimum absolute atomic E-state index is 0.101. The lowest BCUT2D eigenvalue weighted by atomic mass is 9.67. The Kier molecular flexibility index (Phi) is 9.42. The summed E-state index contributed by atoms with van der Waals surface area (Å²) in [6.07, 6.45) is 13.3. The van der Waals surface area contributed by atoms with Crippen molar-refractivity contribution in [2.75, 3.05) is 0 Å². The van der Waals surface area contributed by atoms with Crippen molar-refractivity contribution in [3.63, 3.8) is 0 Å². The van der Waals surface area contributed by atoms with E-state index in [2.05, 4.69) is 107 Å². The highest BCUT2D eigenvalue weighted by Gasteiger charge is 2.34. The second kappa shape index (κ2) is 10.4. The second-order valence-corrected chi connectivity index (χ2v) is 13.7. The molecule has 0 heterocycles. The molecule has 0 saturated heterocycles. The Balaban J connectivity index is 0.000000320. The summed E-state index contributed by atoms with van der Waals surface area (Å²) in [5.74, 6) is 0.454. The maximum absolute atomic E-state index is 9.80. The zero-order valence-corrected chi connectivity index (χ0v) is 23.1. The van der Waals surface area contributed by atoms with E-state index in [0.717, 1.165) is 19.3 Å². The van der Waals surface area contributed by atoms with Crippen LogP contribution >= 0.6 is 0 Å². The van der Waals surface area contributed by atoms with E-state index in [1.807, 2.05) is 6.08 Å². The maximum atomic E-state index is 9.80. The first-order valence-electron chi connectivity index (χ1n) is 12.4. The number of hydrogen-bond acceptors (Lipinski definition) is 2. The van der Waals surface area contributed by atoms with E-state index in [9.17, 15) is 10.2 Å². The Labute approximate surface area is 199 Å². The molecule has 2 rings (SSSR count). The van der Waals surface area contributed by atoms with Crippen molar-refractivity contribution in [2.24, 2.45) is 27.6 Å². The van der Waals surface area contributed by atoms with Gasteiger partial charge in [-0.3, -0.25) is 0 Å². The van der Waals surface area contributed by atoms with Crippen LogP contribution in [0.2, 0.25) is 0 Å². The van der Waals surface area contributed by atoms with E-state index < -0.39 is 0 Å². The van der Waals surface area contributed by atoms with Crippen LogP contribution in [0.3, 0.4) is 0 Å². The molecule has 0 aromatic rings. The summed E-state index contributed by atoms with van der Waals surface area (Å²) in [4.78, 5) is 0. The zero-order chi connectivity index (χ0) is 25.1. The van der Waals surface area contributed by atoms with Crippen molar-refractivity contribution in [3.05, 3.63) is 47.1 Å². The highest BCUT2D eigenvalue weighted by molar-refractivity contribution is 5.34. The van der Waals surface area contributed by atoms with Gasteiger partial charge < -0.3 is 10.2 Å². The predicted molar refractivity (Wildman–Crippen MR) is 141 cm³/mol. The Bertz CT molecular complexity index is 745. The van der Waals surface area contributed by atoms with E-state index >= 15 is 0 Å². The smallest absolute Gasteiger partial charge is 0.0729 e. The minimum Gasteiger partial charge on any atom is -0.393 e. The first-order valence-corrected chi connectivity index (χ1v) is 12.4. The first-order chi connectivity index (χ1) is 14.2. The molecule has 0 fully saturated rings. The Morgan fingerprint density at radius 1 is 0.875 bits per heavy atom. The molecular weight excluding hydrogens is 392 g/mol. The van der Waals surface area contributed by atoms with Gasteiger partial charge in [0, 0.05) is 5.92 Å². The van der Waals surface area contributed by atoms with Gasteiger partial charge in [0.2, 0.25) is 0 Å². The molecule has 0 amide bonds. The molecule has 2 aliphatic rings. The molecule has 2 nitrogen and oxygen atoms in total. The third-order valence-electron chi connectivity index (χ3n) is 6.54. The van der Waals surface area contributed by atoms with Crippen molar-refractivity contribution in [2.45, 2.75) is 115 Å². The molecule has 0 spiro atoms. The molecule has 2 aliphatic carbocycles. The molecule has 0 aromatic carbocycles. The van der Waals surface area contributed by atoms with Crippen LogP contribution in [-0.2, 0) is 0 Å². The van der Waals surface area contributed by atoms with Gasteiger partial charge in [0.15, 0.2) is 0 Å². The molecule has 0 saturated carbocycles. The number of rotatable bonds is 2. The average molecular weight is 445 g/mol. The van der Waals surface area contributed by atoms with Crippen LogP contribution < -0.4 is 0 Å². The quantitative estimate of drug-likeness (QED) is 0.423. The number of aliphatic hydroxyl groups is 2. The molecule has 0 aromatic heterocycles. The Morgan fingerprint density at radius 3 is 1.84 bits per heavy atom. The molecule has 2 heteroatoms. The van der Waals surface area contributed by atoms with Crippen LogP contribution in [-0.4, -0.2) is 22.4 Å². The average Bonchev–Trinajstić information content (AvgIpc) is 2.49. The molecule has 0 radical (unpaired) electrons. The SMILES string of the molecule is CC1=C(/C=C/C(C)(C)C)C(C)(C)CC(O)C1.CC1=CC(O)CC(C)(C)C1/C=C/C(C)(C)C. The largest absolute Gasteiger partial charge is 0.393 e. The summed E-state index contributed by atoms with van der Waals surface area (Å²) >= 11 is 0. The van der Waals surface area contributed by atoms with Crippen LogP contribution in [0.15, 0.2) is 47.1 Å². The Morgan fingerprint density at radius 2 is 1.41 bits per heavy atom. The highest BCUT2D eigenvalue weighted by atomic mass is 16.3. The fraction of sp³-hybridized carbons (Fsp3) is 0.733. The van der Waals surface area contributed by atoms with Gasteiger partial charge in [-0.25, -0.2) is 0 Å². The van der Waals surface area contributed by atoms with E-state index in [1.165, 1.54) is 16.7 Å². The molecule has 2 N–H and O–H groups in total. The topological polar surface area (TPSA) is 40.5 Å². The lowest BCUT2D eigenvalue weighted by Gasteiger charge is -2.39. The normalized spacial score (nSPS) is 28.6. The molecule has 32 heavy (non-hydrogen) atoms. The van der Waals surface area contributed by atoms with Gasteiger partial charge >= 0.3 is 0 Å². The minimum atomic E-state index is -0.269. The van der Waals surface area contributed by atoms with E-state index in [4.69, 9.17) is 0 Å². The summed E-state index contributed by atoms with van der Waals surface area (Å²) in [5, 5.41) is 19.6. The second-order valence-electron chi connectivity index (χ2n) is 13.7. The molecule has 184 valence electrons. The third-order valence-corrected chi connectivity index (χ3v) is 6.54. The zero-order valence-electron chi connectivity index (χ0n) is 23.1.